The number of hydrogen-bond acceptors (Lipinski definition) is 4. The van der Waals surface area contributed by atoms with Gasteiger partial charge in [-0.15, -0.1) is 0 Å². The SMILES string of the molecule is CCNc1nc(-c2ncc[nH]2)nc2c1CCCC2. The van der Waals surface area contributed by atoms with Crippen LogP contribution in [0.3, 0.4) is 0 Å². The molecule has 0 bridgehead atoms. The van der Waals surface area contributed by atoms with Gasteiger partial charge in [0.25, 0.3) is 0 Å². The van der Waals surface area contributed by atoms with Crippen LogP contribution >= 0.6 is 0 Å². The number of aryl methyl sites for hydroxylation is 1. The second kappa shape index (κ2) is 4.76. The molecule has 2 heterocycles. The molecule has 0 radical (unpaired) electrons. The Morgan fingerprint density at radius 2 is 2.17 bits per heavy atom. The molecule has 2 aromatic rings. The molecule has 1 aliphatic rings. The first-order valence-electron chi connectivity index (χ1n) is 6.52. The third-order valence-electron chi connectivity index (χ3n) is 3.24. The van der Waals surface area contributed by atoms with E-state index in [0.717, 1.165) is 31.0 Å². The third-order valence-corrected chi connectivity index (χ3v) is 3.24. The largest absolute Gasteiger partial charge is 0.370 e. The molecule has 5 heteroatoms. The summed E-state index contributed by atoms with van der Waals surface area (Å²) in [4.78, 5) is 16.6. The van der Waals surface area contributed by atoms with E-state index in [1.165, 1.54) is 24.1 Å². The van der Waals surface area contributed by atoms with Crippen LogP contribution in [0, 0.1) is 0 Å². The molecular formula is C13H17N5. The Hall–Kier alpha value is -1.91. The molecule has 0 spiro atoms. The van der Waals surface area contributed by atoms with Gasteiger partial charge in [0.1, 0.15) is 5.82 Å². The van der Waals surface area contributed by atoms with Crippen LogP contribution in [0.25, 0.3) is 11.6 Å². The van der Waals surface area contributed by atoms with E-state index in [1.54, 1.807) is 12.4 Å². The molecule has 0 saturated heterocycles. The number of nitrogens with one attached hydrogen (secondary N) is 2. The lowest BCUT2D eigenvalue weighted by Gasteiger charge is -2.19. The van der Waals surface area contributed by atoms with Crippen molar-refractivity contribution in [3.63, 3.8) is 0 Å². The van der Waals surface area contributed by atoms with E-state index in [0.29, 0.717) is 5.82 Å². The Bertz CT molecular complexity index is 533. The molecule has 0 aliphatic heterocycles. The van der Waals surface area contributed by atoms with Crippen molar-refractivity contribution in [3.8, 4) is 11.6 Å². The molecule has 94 valence electrons. The normalized spacial score (nSPS) is 14.3. The molecule has 18 heavy (non-hydrogen) atoms. The molecule has 0 atom stereocenters. The molecule has 2 aromatic heterocycles. The summed E-state index contributed by atoms with van der Waals surface area (Å²) in [5, 5.41) is 3.35. The van der Waals surface area contributed by atoms with E-state index in [9.17, 15) is 0 Å². The molecule has 0 amide bonds. The summed E-state index contributed by atoms with van der Waals surface area (Å²) in [6.07, 6.45) is 8.10. The van der Waals surface area contributed by atoms with E-state index in [-0.39, 0.29) is 0 Å². The van der Waals surface area contributed by atoms with Gasteiger partial charge in [-0.25, -0.2) is 15.0 Å². The molecular weight excluding hydrogens is 226 g/mol. The maximum atomic E-state index is 4.65. The van der Waals surface area contributed by atoms with Gasteiger partial charge >= 0.3 is 0 Å². The minimum absolute atomic E-state index is 0.691. The molecule has 5 nitrogen and oxygen atoms in total. The second-order valence-electron chi connectivity index (χ2n) is 4.50. The number of aromatic nitrogens is 4. The Kier molecular flexibility index (Phi) is 2.96. The lowest BCUT2D eigenvalue weighted by Crippen LogP contribution is -2.13. The van der Waals surface area contributed by atoms with Gasteiger partial charge in [0.15, 0.2) is 11.6 Å². The van der Waals surface area contributed by atoms with Crippen molar-refractivity contribution in [1.82, 2.24) is 19.9 Å². The van der Waals surface area contributed by atoms with Crippen LogP contribution in [0.4, 0.5) is 5.82 Å². The van der Waals surface area contributed by atoms with Gasteiger partial charge in [0.2, 0.25) is 0 Å². The highest BCUT2D eigenvalue weighted by Crippen LogP contribution is 2.27. The predicted octanol–water partition coefficient (Wildman–Crippen LogP) is 2.18. The summed E-state index contributed by atoms with van der Waals surface area (Å²) >= 11 is 0. The highest BCUT2D eigenvalue weighted by atomic mass is 15.1. The Morgan fingerprint density at radius 3 is 2.94 bits per heavy atom. The standard InChI is InChI=1S/C13H17N5/c1-2-14-11-9-5-3-4-6-10(9)17-13(18-11)12-15-7-8-16-12/h7-8H,2-6H2,1H3,(H,15,16)(H,14,17,18). The average molecular weight is 243 g/mol. The van der Waals surface area contributed by atoms with Crippen molar-refractivity contribution >= 4 is 5.82 Å². The topological polar surface area (TPSA) is 66.5 Å². The highest BCUT2D eigenvalue weighted by molar-refractivity contribution is 5.55. The molecule has 0 aromatic carbocycles. The van der Waals surface area contributed by atoms with Crippen molar-refractivity contribution in [2.75, 3.05) is 11.9 Å². The fourth-order valence-electron chi connectivity index (χ4n) is 2.40. The van der Waals surface area contributed by atoms with Gasteiger partial charge in [0.05, 0.1) is 0 Å². The van der Waals surface area contributed by atoms with Crippen LogP contribution in [-0.4, -0.2) is 26.5 Å². The van der Waals surface area contributed by atoms with Crippen molar-refractivity contribution in [2.24, 2.45) is 0 Å². The number of imidazole rings is 1. The molecule has 0 fully saturated rings. The maximum absolute atomic E-state index is 4.65. The quantitative estimate of drug-likeness (QED) is 0.867. The fraction of sp³-hybridized carbons (Fsp3) is 0.462. The highest BCUT2D eigenvalue weighted by Gasteiger charge is 2.18. The van der Waals surface area contributed by atoms with E-state index >= 15 is 0 Å². The number of rotatable bonds is 3. The summed E-state index contributed by atoms with van der Waals surface area (Å²) in [6.45, 7) is 2.96. The zero-order valence-electron chi connectivity index (χ0n) is 10.5. The van der Waals surface area contributed by atoms with E-state index in [1.807, 2.05) is 0 Å². The second-order valence-corrected chi connectivity index (χ2v) is 4.50. The molecule has 1 aliphatic carbocycles. The van der Waals surface area contributed by atoms with Crippen LogP contribution in [0.15, 0.2) is 12.4 Å². The number of fused-ring (bicyclic) bond motifs is 1. The monoisotopic (exact) mass is 243 g/mol. The van der Waals surface area contributed by atoms with Gasteiger partial charge in [-0.3, -0.25) is 0 Å². The lowest BCUT2D eigenvalue weighted by atomic mass is 9.96. The fourth-order valence-corrected chi connectivity index (χ4v) is 2.40. The maximum Gasteiger partial charge on any atom is 0.197 e. The number of H-pyrrole nitrogens is 1. The first kappa shape index (κ1) is 11.2. The van der Waals surface area contributed by atoms with Gasteiger partial charge in [-0.05, 0) is 32.6 Å². The summed E-state index contributed by atoms with van der Waals surface area (Å²) in [5.74, 6) is 2.41. The van der Waals surface area contributed by atoms with Gasteiger partial charge in [-0.2, -0.15) is 0 Å². The number of nitrogens with zero attached hydrogens (tertiary/aromatic N) is 3. The molecule has 3 rings (SSSR count). The van der Waals surface area contributed by atoms with E-state index in [4.69, 9.17) is 0 Å². The Morgan fingerprint density at radius 1 is 1.28 bits per heavy atom. The first-order chi connectivity index (χ1) is 8.88. The molecule has 0 unspecified atom stereocenters. The van der Waals surface area contributed by atoms with Crippen molar-refractivity contribution < 1.29 is 0 Å². The lowest BCUT2D eigenvalue weighted by molar-refractivity contribution is 0.664. The van der Waals surface area contributed by atoms with Gasteiger partial charge in [-0.1, -0.05) is 0 Å². The summed E-state index contributed by atoms with van der Waals surface area (Å²) in [5.41, 5.74) is 2.47. The van der Waals surface area contributed by atoms with Crippen molar-refractivity contribution in [1.29, 1.82) is 0 Å². The summed E-state index contributed by atoms with van der Waals surface area (Å²) in [7, 11) is 0. The van der Waals surface area contributed by atoms with Crippen LogP contribution < -0.4 is 5.32 Å². The first-order valence-corrected chi connectivity index (χ1v) is 6.52. The third kappa shape index (κ3) is 1.96. The molecule has 0 saturated carbocycles. The number of aromatic amines is 1. The van der Waals surface area contributed by atoms with Crippen LogP contribution in [0.1, 0.15) is 31.0 Å². The van der Waals surface area contributed by atoms with Gasteiger partial charge in [0, 0.05) is 30.2 Å². The summed E-state index contributed by atoms with van der Waals surface area (Å²) in [6, 6.07) is 0. The zero-order valence-corrected chi connectivity index (χ0v) is 10.5. The summed E-state index contributed by atoms with van der Waals surface area (Å²) < 4.78 is 0. The minimum atomic E-state index is 0.691. The number of hydrogen-bond donors (Lipinski definition) is 2. The van der Waals surface area contributed by atoms with E-state index < -0.39 is 0 Å². The Balaban J connectivity index is 2.09. The van der Waals surface area contributed by atoms with Crippen LogP contribution in [0.5, 0.6) is 0 Å². The van der Waals surface area contributed by atoms with Crippen molar-refractivity contribution in [2.45, 2.75) is 32.6 Å². The minimum Gasteiger partial charge on any atom is -0.370 e. The van der Waals surface area contributed by atoms with Crippen LogP contribution in [-0.2, 0) is 12.8 Å². The van der Waals surface area contributed by atoms with E-state index in [2.05, 4.69) is 32.2 Å². The predicted molar refractivity (Wildman–Crippen MR) is 70.4 cm³/mol. The zero-order chi connectivity index (χ0) is 12.4. The van der Waals surface area contributed by atoms with Gasteiger partial charge < -0.3 is 10.3 Å². The number of anilines is 1. The average Bonchev–Trinajstić information content (AvgIpc) is 2.93. The Labute approximate surface area is 106 Å². The molecule has 2 N–H and O–H groups in total. The van der Waals surface area contributed by atoms with Crippen molar-refractivity contribution in [3.05, 3.63) is 23.7 Å². The smallest absolute Gasteiger partial charge is 0.197 e. The van der Waals surface area contributed by atoms with Crippen LogP contribution in [0.2, 0.25) is 0 Å².